The number of carbonyl (C=O) groups is 1. The zero-order valence-corrected chi connectivity index (χ0v) is 6.29. The van der Waals surface area contributed by atoms with E-state index in [2.05, 4.69) is 11.7 Å². The van der Waals surface area contributed by atoms with Gasteiger partial charge >= 0.3 is 6.09 Å². The van der Waals surface area contributed by atoms with Gasteiger partial charge in [-0.15, -0.1) is 6.58 Å². The molecular formula is C7H12N2O2. The van der Waals surface area contributed by atoms with Gasteiger partial charge in [0.25, 0.3) is 0 Å². The smallest absolute Gasteiger partial charge is 0.425 e. The van der Waals surface area contributed by atoms with Gasteiger partial charge < -0.3 is 5.11 Å². The highest BCUT2D eigenvalue weighted by molar-refractivity contribution is 5.66. The van der Waals surface area contributed by atoms with Gasteiger partial charge in [-0.2, -0.15) is 5.10 Å². The summed E-state index contributed by atoms with van der Waals surface area (Å²) in [6.07, 6.45) is 4.88. The number of allylic oxidation sites excluding steroid dienone is 1. The first-order valence-electron chi connectivity index (χ1n) is 3.38. The SMILES string of the molecule is C=CCCC/C=N/NC(=O)O. The third-order valence-corrected chi connectivity index (χ3v) is 0.993. The predicted molar refractivity (Wildman–Crippen MR) is 43.7 cm³/mol. The van der Waals surface area contributed by atoms with Crippen molar-refractivity contribution in [3.63, 3.8) is 0 Å². The second-order valence-electron chi connectivity index (χ2n) is 1.95. The molecule has 1 amide bonds. The minimum absolute atomic E-state index is 0.770. The minimum Gasteiger partial charge on any atom is -0.464 e. The lowest BCUT2D eigenvalue weighted by Crippen LogP contribution is -2.13. The van der Waals surface area contributed by atoms with Gasteiger partial charge in [-0.25, -0.2) is 10.2 Å². The fourth-order valence-corrected chi connectivity index (χ4v) is 0.519. The number of nitrogens with zero attached hydrogens (tertiary/aromatic N) is 1. The van der Waals surface area contributed by atoms with E-state index in [1.807, 2.05) is 11.5 Å². The van der Waals surface area contributed by atoms with Crippen molar-refractivity contribution in [1.82, 2.24) is 5.43 Å². The van der Waals surface area contributed by atoms with Crippen LogP contribution in [0.4, 0.5) is 4.79 Å². The van der Waals surface area contributed by atoms with Gasteiger partial charge in [0.2, 0.25) is 0 Å². The fraction of sp³-hybridized carbons (Fsp3) is 0.429. The maximum absolute atomic E-state index is 9.85. The second-order valence-corrected chi connectivity index (χ2v) is 1.95. The molecule has 0 spiro atoms. The van der Waals surface area contributed by atoms with Crippen LogP contribution in [-0.2, 0) is 0 Å². The van der Waals surface area contributed by atoms with Gasteiger partial charge in [0.05, 0.1) is 0 Å². The van der Waals surface area contributed by atoms with Gasteiger partial charge in [-0.05, 0) is 19.3 Å². The standard InChI is InChI=1S/C7H12N2O2/c1-2-3-4-5-6-8-9-7(10)11/h2,6,9H,1,3-5H2,(H,10,11)/b8-6+. The molecule has 0 aromatic carbocycles. The molecule has 0 aliphatic heterocycles. The second kappa shape index (κ2) is 6.80. The molecule has 0 fully saturated rings. The summed E-state index contributed by atoms with van der Waals surface area (Å²) in [6, 6.07) is 0. The number of hydrazone groups is 1. The third kappa shape index (κ3) is 8.68. The summed E-state index contributed by atoms with van der Waals surface area (Å²) in [7, 11) is 0. The summed E-state index contributed by atoms with van der Waals surface area (Å²) < 4.78 is 0. The molecule has 0 aliphatic carbocycles. The molecule has 0 atom stereocenters. The van der Waals surface area contributed by atoms with Crippen LogP contribution in [0.5, 0.6) is 0 Å². The summed E-state index contributed by atoms with van der Waals surface area (Å²) >= 11 is 0. The number of hydrogen-bond acceptors (Lipinski definition) is 2. The largest absolute Gasteiger partial charge is 0.464 e. The maximum Gasteiger partial charge on any atom is 0.425 e. The molecule has 0 radical (unpaired) electrons. The molecule has 0 unspecified atom stereocenters. The molecule has 0 saturated heterocycles. The van der Waals surface area contributed by atoms with Crippen LogP contribution in [-0.4, -0.2) is 17.4 Å². The van der Waals surface area contributed by atoms with Crippen molar-refractivity contribution < 1.29 is 9.90 Å². The number of hydrogen-bond donors (Lipinski definition) is 2. The highest BCUT2D eigenvalue weighted by Gasteiger charge is 1.85. The molecule has 0 rings (SSSR count). The van der Waals surface area contributed by atoms with E-state index in [-0.39, 0.29) is 0 Å². The Labute approximate surface area is 65.6 Å². The summed E-state index contributed by atoms with van der Waals surface area (Å²) in [5, 5.41) is 11.5. The van der Waals surface area contributed by atoms with E-state index in [0.29, 0.717) is 0 Å². The number of carboxylic acid groups (broad SMARTS) is 1. The van der Waals surface area contributed by atoms with Gasteiger partial charge in [0.1, 0.15) is 0 Å². The van der Waals surface area contributed by atoms with E-state index in [4.69, 9.17) is 5.11 Å². The average molecular weight is 156 g/mol. The highest BCUT2D eigenvalue weighted by atomic mass is 16.4. The Morgan fingerprint density at radius 3 is 2.91 bits per heavy atom. The Bertz CT molecular complexity index is 155. The molecule has 0 heterocycles. The lowest BCUT2D eigenvalue weighted by atomic mass is 10.2. The predicted octanol–water partition coefficient (Wildman–Crippen LogP) is 1.60. The van der Waals surface area contributed by atoms with E-state index < -0.39 is 6.09 Å². The van der Waals surface area contributed by atoms with E-state index in [0.717, 1.165) is 19.3 Å². The van der Waals surface area contributed by atoms with Crippen molar-refractivity contribution in [3.05, 3.63) is 12.7 Å². The molecule has 0 aliphatic rings. The molecule has 0 aromatic rings. The van der Waals surface area contributed by atoms with Crippen LogP contribution >= 0.6 is 0 Å². The quantitative estimate of drug-likeness (QED) is 0.275. The maximum atomic E-state index is 9.85. The highest BCUT2D eigenvalue weighted by Crippen LogP contribution is 1.91. The van der Waals surface area contributed by atoms with Crippen LogP contribution < -0.4 is 5.43 Å². The van der Waals surface area contributed by atoms with Crippen LogP contribution in [0, 0.1) is 0 Å². The van der Waals surface area contributed by atoms with E-state index in [9.17, 15) is 4.79 Å². The Morgan fingerprint density at radius 2 is 2.36 bits per heavy atom. The summed E-state index contributed by atoms with van der Waals surface area (Å²) in [5.41, 5.74) is 1.88. The molecule has 0 saturated carbocycles. The molecule has 11 heavy (non-hydrogen) atoms. The number of amides is 1. The van der Waals surface area contributed by atoms with Crippen molar-refractivity contribution in [2.75, 3.05) is 0 Å². The normalized spacial score (nSPS) is 9.82. The summed E-state index contributed by atoms with van der Waals surface area (Å²) in [6.45, 7) is 3.55. The number of unbranched alkanes of at least 4 members (excludes halogenated alkanes) is 2. The van der Waals surface area contributed by atoms with Crippen LogP contribution in [0.25, 0.3) is 0 Å². The monoisotopic (exact) mass is 156 g/mol. The Morgan fingerprint density at radius 1 is 1.64 bits per heavy atom. The lowest BCUT2D eigenvalue weighted by Gasteiger charge is -1.89. The van der Waals surface area contributed by atoms with Crippen LogP contribution in [0.3, 0.4) is 0 Å². The Balaban J connectivity index is 3.16. The zero-order valence-electron chi connectivity index (χ0n) is 6.29. The Hall–Kier alpha value is -1.32. The topological polar surface area (TPSA) is 61.7 Å². The van der Waals surface area contributed by atoms with Gasteiger partial charge in [-0.1, -0.05) is 6.08 Å². The van der Waals surface area contributed by atoms with Gasteiger partial charge in [0.15, 0.2) is 0 Å². The Kier molecular flexibility index (Phi) is 5.98. The van der Waals surface area contributed by atoms with Gasteiger partial charge in [-0.3, -0.25) is 0 Å². The van der Waals surface area contributed by atoms with Crippen LogP contribution in [0.2, 0.25) is 0 Å². The van der Waals surface area contributed by atoms with Crippen LogP contribution in [0.1, 0.15) is 19.3 Å². The molecule has 2 N–H and O–H groups in total. The molecular weight excluding hydrogens is 144 g/mol. The molecule has 0 aromatic heterocycles. The molecule has 4 heteroatoms. The summed E-state index contributed by atoms with van der Waals surface area (Å²) in [5.74, 6) is 0. The van der Waals surface area contributed by atoms with Crippen molar-refractivity contribution in [3.8, 4) is 0 Å². The van der Waals surface area contributed by atoms with E-state index in [1.165, 1.54) is 6.21 Å². The van der Waals surface area contributed by atoms with E-state index >= 15 is 0 Å². The minimum atomic E-state index is -1.13. The van der Waals surface area contributed by atoms with E-state index in [1.54, 1.807) is 0 Å². The molecule has 4 nitrogen and oxygen atoms in total. The van der Waals surface area contributed by atoms with Crippen molar-refractivity contribution in [2.45, 2.75) is 19.3 Å². The fourth-order valence-electron chi connectivity index (χ4n) is 0.519. The first kappa shape index (κ1) is 9.68. The van der Waals surface area contributed by atoms with Gasteiger partial charge in [0, 0.05) is 6.21 Å². The van der Waals surface area contributed by atoms with Crippen molar-refractivity contribution in [1.29, 1.82) is 0 Å². The van der Waals surface area contributed by atoms with Crippen molar-refractivity contribution in [2.24, 2.45) is 5.10 Å². The summed E-state index contributed by atoms with van der Waals surface area (Å²) in [4.78, 5) is 9.85. The average Bonchev–Trinajstić information content (AvgIpc) is 1.96. The molecule has 0 bridgehead atoms. The van der Waals surface area contributed by atoms with Crippen molar-refractivity contribution >= 4 is 12.3 Å². The van der Waals surface area contributed by atoms with Crippen LogP contribution in [0.15, 0.2) is 17.8 Å². The third-order valence-electron chi connectivity index (χ3n) is 0.993. The lowest BCUT2D eigenvalue weighted by molar-refractivity contribution is 0.195. The first-order chi connectivity index (χ1) is 5.27. The molecule has 62 valence electrons. The zero-order chi connectivity index (χ0) is 8.53. The number of rotatable bonds is 5. The number of nitrogens with one attached hydrogen (secondary N) is 1. The first-order valence-corrected chi connectivity index (χ1v) is 3.38.